The van der Waals surface area contributed by atoms with Crippen LogP contribution in [0.1, 0.15) is 0 Å². The van der Waals surface area contributed by atoms with Gasteiger partial charge in [0.05, 0.1) is 0 Å². The van der Waals surface area contributed by atoms with E-state index in [1.165, 1.54) is 6.20 Å². The first kappa shape index (κ1) is 9.64. The number of carbonyl (C=O) groups excluding carboxylic acids is 2. The molecule has 0 saturated carbocycles. The highest BCUT2D eigenvalue weighted by molar-refractivity contribution is 7.14. The van der Waals surface area contributed by atoms with Gasteiger partial charge < -0.3 is 0 Å². The normalized spacial score (nSPS) is 17.1. The molecule has 0 aliphatic carbocycles. The van der Waals surface area contributed by atoms with Crippen LogP contribution < -0.4 is 4.90 Å². The summed E-state index contributed by atoms with van der Waals surface area (Å²) in [6.07, 6.45) is 1.49. The molecular formula is C7H2Cl2N2O2S. The van der Waals surface area contributed by atoms with Crippen molar-refractivity contribution >= 4 is 51.5 Å². The molecule has 0 fully saturated rings. The Morgan fingerprint density at radius 3 is 2.21 bits per heavy atom. The second-order valence-electron chi connectivity index (χ2n) is 2.39. The van der Waals surface area contributed by atoms with E-state index >= 15 is 0 Å². The topological polar surface area (TPSA) is 50.3 Å². The van der Waals surface area contributed by atoms with Crippen molar-refractivity contribution < 1.29 is 9.59 Å². The molecule has 14 heavy (non-hydrogen) atoms. The molecule has 0 bridgehead atoms. The molecule has 7 heteroatoms. The van der Waals surface area contributed by atoms with E-state index in [0.717, 1.165) is 16.2 Å². The largest absolute Gasteiger partial charge is 0.280 e. The van der Waals surface area contributed by atoms with Crippen molar-refractivity contribution in [3.8, 4) is 0 Å². The van der Waals surface area contributed by atoms with Gasteiger partial charge >= 0.3 is 0 Å². The van der Waals surface area contributed by atoms with Crippen molar-refractivity contribution in [1.82, 2.24) is 4.98 Å². The number of rotatable bonds is 1. The molecule has 2 rings (SSSR count). The number of hydrogen-bond acceptors (Lipinski definition) is 4. The van der Waals surface area contributed by atoms with Gasteiger partial charge in [0.25, 0.3) is 11.8 Å². The maximum absolute atomic E-state index is 11.4. The average molecular weight is 249 g/mol. The van der Waals surface area contributed by atoms with Crippen molar-refractivity contribution in [3.05, 3.63) is 21.6 Å². The molecule has 1 aliphatic rings. The number of amides is 2. The zero-order valence-corrected chi connectivity index (χ0v) is 8.86. The minimum absolute atomic E-state index is 0.258. The highest BCUT2D eigenvalue weighted by Gasteiger charge is 2.39. The summed E-state index contributed by atoms with van der Waals surface area (Å²) < 4.78 is 0. The lowest BCUT2D eigenvalue weighted by Gasteiger charge is -2.08. The third-order valence-corrected chi connectivity index (χ3v) is 3.14. The number of halogens is 2. The summed E-state index contributed by atoms with van der Waals surface area (Å²) in [6.45, 7) is 0. The number of thiazole rings is 1. The molecule has 0 spiro atoms. The van der Waals surface area contributed by atoms with Crippen LogP contribution in [0.15, 0.2) is 21.6 Å². The number of anilines is 1. The van der Waals surface area contributed by atoms with Gasteiger partial charge in [-0.05, 0) is 0 Å². The summed E-state index contributed by atoms with van der Waals surface area (Å²) in [5.41, 5.74) is 0. The Kier molecular flexibility index (Phi) is 2.30. The minimum Gasteiger partial charge on any atom is -0.267 e. The lowest BCUT2D eigenvalue weighted by Crippen LogP contribution is -2.30. The van der Waals surface area contributed by atoms with Gasteiger partial charge in [-0.1, -0.05) is 23.2 Å². The van der Waals surface area contributed by atoms with Gasteiger partial charge in [0.15, 0.2) is 5.13 Å². The standard InChI is InChI=1S/C7H2Cl2N2O2S/c8-3-4(9)6(13)11(5(3)12)7-10-1-2-14-7/h1-2H. The SMILES string of the molecule is O=C1C(Cl)=C(Cl)C(=O)N1c1nccs1. The number of carbonyl (C=O) groups is 2. The van der Waals surface area contributed by atoms with Crippen molar-refractivity contribution in [2.24, 2.45) is 0 Å². The monoisotopic (exact) mass is 248 g/mol. The zero-order chi connectivity index (χ0) is 10.3. The Labute approximate surface area is 92.7 Å². The minimum atomic E-state index is -0.628. The highest BCUT2D eigenvalue weighted by atomic mass is 35.5. The summed E-state index contributed by atoms with van der Waals surface area (Å²) in [5, 5.41) is 1.41. The molecule has 1 aromatic heterocycles. The lowest BCUT2D eigenvalue weighted by molar-refractivity contribution is -0.120. The summed E-state index contributed by atoms with van der Waals surface area (Å²) >= 11 is 12.2. The Morgan fingerprint density at radius 2 is 1.79 bits per heavy atom. The lowest BCUT2D eigenvalue weighted by atomic mass is 10.5. The van der Waals surface area contributed by atoms with Gasteiger partial charge in [0, 0.05) is 11.6 Å². The molecule has 0 saturated heterocycles. The van der Waals surface area contributed by atoms with E-state index in [1.54, 1.807) is 5.38 Å². The first-order chi connectivity index (χ1) is 6.63. The van der Waals surface area contributed by atoms with Crippen LogP contribution in [0.2, 0.25) is 0 Å². The van der Waals surface area contributed by atoms with E-state index in [2.05, 4.69) is 4.98 Å². The second kappa shape index (κ2) is 3.34. The second-order valence-corrected chi connectivity index (χ2v) is 4.02. The average Bonchev–Trinajstić information content (AvgIpc) is 2.73. The molecule has 0 N–H and O–H groups in total. The molecule has 72 valence electrons. The van der Waals surface area contributed by atoms with Gasteiger partial charge in [-0.15, -0.1) is 11.3 Å². The zero-order valence-electron chi connectivity index (χ0n) is 6.53. The Balaban J connectivity index is 2.44. The van der Waals surface area contributed by atoms with Gasteiger partial charge in [0.1, 0.15) is 10.1 Å². The van der Waals surface area contributed by atoms with Crippen LogP contribution in [0.25, 0.3) is 0 Å². The first-order valence-corrected chi connectivity index (χ1v) is 5.10. The quantitative estimate of drug-likeness (QED) is 0.712. The van der Waals surface area contributed by atoms with E-state index in [0.29, 0.717) is 0 Å². The number of aromatic nitrogens is 1. The van der Waals surface area contributed by atoms with Crippen molar-refractivity contribution in [1.29, 1.82) is 0 Å². The molecule has 2 amide bonds. The molecular weight excluding hydrogens is 247 g/mol. The van der Waals surface area contributed by atoms with Crippen molar-refractivity contribution in [2.75, 3.05) is 4.90 Å². The molecule has 0 unspecified atom stereocenters. The Hall–Kier alpha value is -0.910. The fourth-order valence-corrected chi connectivity index (χ4v) is 1.94. The predicted molar refractivity (Wildman–Crippen MR) is 53.3 cm³/mol. The third kappa shape index (κ3) is 1.25. The van der Waals surface area contributed by atoms with Crippen LogP contribution >= 0.6 is 34.5 Å². The maximum atomic E-state index is 11.4. The predicted octanol–water partition coefficient (Wildman–Crippen LogP) is 1.71. The van der Waals surface area contributed by atoms with Crippen LogP contribution in [0.3, 0.4) is 0 Å². The van der Waals surface area contributed by atoms with Gasteiger partial charge in [-0.3, -0.25) is 9.59 Å². The van der Waals surface area contributed by atoms with E-state index in [9.17, 15) is 9.59 Å². The third-order valence-electron chi connectivity index (χ3n) is 1.58. The molecule has 0 aromatic carbocycles. The Bertz CT molecular complexity index is 417. The number of nitrogens with zero attached hydrogens (tertiary/aromatic N) is 2. The van der Waals surface area contributed by atoms with E-state index in [4.69, 9.17) is 23.2 Å². The summed E-state index contributed by atoms with van der Waals surface area (Å²) in [5.74, 6) is -1.26. The summed E-state index contributed by atoms with van der Waals surface area (Å²) in [4.78, 5) is 27.5. The highest BCUT2D eigenvalue weighted by Crippen LogP contribution is 2.31. The summed E-state index contributed by atoms with van der Waals surface area (Å²) in [7, 11) is 0. The van der Waals surface area contributed by atoms with Crippen molar-refractivity contribution in [3.63, 3.8) is 0 Å². The van der Waals surface area contributed by atoms with Gasteiger partial charge in [0.2, 0.25) is 0 Å². The smallest absolute Gasteiger partial charge is 0.267 e. The molecule has 0 radical (unpaired) electrons. The fourth-order valence-electron chi connectivity index (χ4n) is 0.976. The summed E-state index contributed by atoms with van der Waals surface area (Å²) in [6, 6.07) is 0. The van der Waals surface area contributed by atoms with Crippen molar-refractivity contribution in [2.45, 2.75) is 0 Å². The Morgan fingerprint density at radius 1 is 1.21 bits per heavy atom. The number of imide groups is 1. The molecule has 1 aliphatic heterocycles. The molecule has 0 atom stereocenters. The fraction of sp³-hybridized carbons (Fsp3) is 0. The van der Waals surface area contributed by atoms with Crippen LogP contribution in [-0.4, -0.2) is 16.8 Å². The van der Waals surface area contributed by atoms with Crippen LogP contribution in [0.4, 0.5) is 5.13 Å². The van der Waals surface area contributed by atoms with E-state index in [1.807, 2.05) is 0 Å². The van der Waals surface area contributed by atoms with E-state index < -0.39 is 11.8 Å². The van der Waals surface area contributed by atoms with Crippen LogP contribution in [0.5, 0.6) is 0 Å². The first-order valence-electron chi connectivity index (χ1n) is 3.46. The van der Waals surface area contributed by atoms with Crippen LogP contribution in [0, 0.1) is 0 Å². The number of hydrogen-bond donors (Lipinski definition) is 0. The van der Waals surface area contributed by atoms with E-state index in [-0.39, 0.29) is 15.2 Å². The molecule has 4 nitrogen and oxygen atoms in total. The van der Waals surface area contributed by atoms with Crippen LogP contribution in [-0.2, 0) is 9.59 Å². The molecule has 2 heterocycles. The van der Waals surface area contributed by atoms with Gasteiger partial charge in [-0.25, -0.2) is 9.88 Å². The van der Waals surface area contributed by atoms with Gasteiger partial charge in [-0.2, -0.15) is 0 Å². The maximum Gasteiger partial charge on any atom is 0.280 e. The molecule has 1 aromatic rings.